The minimum Gasteiger partial charge on any atom is -0.748 e. The Morgan fingerprint density at radius 2 is 1.22 bits per heavy atom. The lowest BCUT2D eigenvalue weighted by Crippen LogP contribution is -2.28. The number of hydrogen-bond donors (Lipinski definition) is 0. The van der Waals surface area contributed by atoms with E-state index in [4.69, 9.17) is 32.1 Å². The molecule has 0 spiro atoms. The van der Waals surface area contributed by atoms with Crippen LogP contribution in [-0.4, -0.2) is 81.7 Å². The van der Waals surface area contributed by atoms with E-state index in [0.717, 1.165) is 32.4 Å². The fourth-order valence-electron chi connectivity index (χ4n) is 10.4. The van der Waals surface area contributed by atoms with Gasteiger partial charge in [0, 0.05) is 76.9 Å². The van der Waals surface area contributed by atoms with Crippen molar-refractivity contribution in [1.82, 2.24) is 0 Å². The number of anilines is 1. The molecule has 0 aliphatic carbocycles. The molecular formula is C64H74N6O7S. The lowest BCUT2D eigenvalue weighted by molar-refractivity contribution is -0.438. The molecule has 5 aromatic rings. The van der Waals surface area contributed by atoms with Crippen LogP contribution in [0.4, 0.5) is 11.4 Å². The normalized spacial score (nSPS) is 15.5. The second-order valence-corrected chi connectivity index (χ2v) is 22.0. The molecule has 0 fully saturated rings. The third-order valence-electron chi connectivity index (χ3n) is 14.3. The van der Waals surface area contributed by atoms with Crippen LogP contribution in [0.3, 0.4) is 0 Å². The van der Waals surface area contributed by atoms with E-state index in [2.05, 4.69) is 159 Å². The van der Waals surface area contributed by atoms with Crippen LogP contribution in [0.1, 0.15) is 117 Å². The number of nitrogens with zero attached hydrogens (tertiary/aromatic N) is 6. The Bertz CT molecular complexity index is 3430. The maximum atomic E-state index is 10.6. The van der Waals surface area contributed by atoms with Crippen molar-refractivity contribution in [2.45, 2.75) is 117 Å². The molecule has 14 heteroatoms. The zero-order valence-corrected chi connectivity index (χ0v) is 47.3. The van der Waals surface area contributed by atoms with Crippen LogP contribution < -0.4 is 24.8 Å². The van der Waals surface area contributed by atoms with Gasteiger partial charge in [-0.2, -0.15) is 4.58 Å². The van der Waals surface area contributed by atoms with Gasteiger partial charge in [-0.3, -0.25) is 0 Å². The van der Waals surface area contributed by atoms with Gasteiger partial charge in [0.25, 0.3) is 11.4 Å². The molecule has 408 valence electrons. The number of nitriles is 2. The Morgan fingerprint density at radius 1 is 0.679 bits per heavy atom. The zero-order valence-electron chi connectivity index (χ0n) is 46.5. The monoisotopic (exact) mass is 1070 g/mol. The van der Waals surface area contributed by atoms with E-state index in [1.807, 2.05) is 12.1 Å². The molecule has 5 aromatic carbocycles. The van der Waals surface area contributed by atoms with Crippen molar-refractivity contribution in [3.8, 4) is 23.6 Å². The first kappa shape index (κ1) is 59.9. The van der Waals surface area contributed by atoms with Gasteiger partial charge in [-0.1, -0.05) is 121 Å². The highest BCUT2D eigenvalue weighted by Crippen LogP contribution is 2.51. The summed E-state index contributed by atoms with van der Waals surface area (Å²) in [6, 6.07) is 33.5. The number of unbranched alkanes of at least 4 members (excludes halogenated alkanes) is 5. The number of rotatable bonds is 25. The van der Waals surface area contributed by atoms with Crippen molar-refractivity contribution < 1.29 is 36.5 Å². The predicted octanol–water partition coefficient (Wildman–Crippen LogP) is 12.3. The van der Waals surface area contributed by atoms with E-state index in [0.29, 0.717) is 13.0 Å². The Balaban J connectivity index is 0.000000254. The Kier molecular flexibility index (Phi) is 21.8. The van der Waals surface area contributed by atoms with Gasteiger partial charge in [-0.05, 0) is 97.0 Å². The van der Waals surface area contributed by atoms with Crippen molar-refractivity contribution in [1.29, 1.82) is 10.5 Å². The maximum absolute atomic E-state index is 10.6. The topological polar surface area (TPSA) is 157 Å². The summed E-state index contributed by atoms with van der Waals surface area (Å²) in [6.45, 7) is 34.4. The number of benzene rings is 5. The van der Waals surface area contributed by atoms with Crippen molar-refractivity contribution in [2.75, 3.05) is 63.4 Å². The molecule has 0 N–H and O–H groups in total. The van der Waals surface area contributed by atoms with E-state index in [-0.39, 0.29) is 83.6 Å². The Hall–Kier alpha value is -7.30. The summed E-state index contributed by atoms with van der Waals surface area (Å²) in [7, 11) is -4.25. The largest absolute Gasteiger partial charge is 0.748 e. The standard InChI is InChI=1S/C39H45N2.C25H30N4O7S/c1-7-9-26-40-32-24-22-28-16-11-13-18-30(28)36(32)38(3,4)34(40)20-15-21-35-39(5,6)37-31-19-14-12-17-29(31)23-25-33(37)41(35)27-10-8-2;1-4-5-6-9-33-11-13-35-24-16-21(23(19-27)29-3)25(17-20(24)22(18-26)28-2)36-14-12-34-10-7-8-15-37(30,31)32/h11-25H,7-10,26-27H2,1-6H3;16-17H,4-15H2,1H3,(H,30,31,32)/q+1;/p-1/b;22-20-,23-21+. The van der Waals surface area contributed by atoms with Crippen molar-refractivity contribution >= 4 is 60.1 Å². The smallest absolute Gasteiger partial charge is 0.272 e. The van der Waals surface area contributed by atoms with Crippen LogP contribution in [0.2, 0.25) is 0 Å². The van der Waals surface area contributed by atoms with Gasteiger partial charge >= 0.3 is 0 Å². The summed E-state index contributed by atoms with van der Waals surface area (Å²) in [5.74, 6) is -0.211. The van der Waals surface area contributed by atoms with Crippen LogP contribution in [0.25, 0.3) is 42.6 Å². The number of fused-ring (bicyclic) bond motifs is 6. The van der Waals surface area contributed by atoms with Crippen molar-refractivity contribution in [3.63, 3.8) is 0 Å². The van der Waals surface area contributed by atoms with Gasteiger partial charge in [-0.15, -0.1) is 0 Å². The molecule has 0 amide bonds. The highest BCUT2D eigenvalue weighted by Gasteiger charge is 2.46. The van der Waals surface area contributed by atoms with Crippen LogP contribution in [0.5, 0.6) is 11.5 Å². The minimum atomic E-state index is -4.25. The quantitative estimate of drug-likeness (QED) is 0.0238. The highest BCUT2D eigenvalue weighted by molar-refractivity contribution is 7.85. The van der Waals surface area contributed by atoms with E-state index in [9.17, 15) is 23.5 Å². The summed E-state index contributed by atoms with van der Waals surface area (Å²) < 4.78 is 56.8. The van der Waals surface area contributed by atoms with Gasteiger partial charge in [0.15, 0.2) is 5.71 Å². The van der Waals surface area contributed by atoms with Crippen LogP contribution in [0, 0.1) is 35.8 Å². The molecule has 0 saturated heterocycles. The molecule has 13 nitrogen and oxygen atoms in total. The molecule has 0 atom stereocenters. The van der Waals surface area contributed by atoms with Gasteiger partial charge in [-0.25, -0.2) is 28.6 Å². The third kappa shape index (κ3) is 14.4. The zero-order chi connectivity index (χ0) is 56.3. The molecule has 0 unspecified atom stereocenters. The fraction of sp³-hybridized carbons (Fsp3) is 0.422. The minimum absolute atomic E-state index is 0.00864. The van der Waals surface area contributed by atoms with Gasteiger partial charge < -0.3 is 28.4 Å². The molecule has 0 aromatic heterocycles. The van der Waals surface area contributed by atoms with Crippen LogP contribution in [-0.2, 0) is 30.4 Å². The second kappa shape index (κ2) is 28.4. The van der Waals surface area contributed by atoms with Crippen LogP contribution in [0.15, 0.2) is 109 Å². The summed E-state index contributed by atoms with van der Waals surface area (Å²) >= 11 is 0. The Labute approximate surface area is 462 Å². The van der Waals surface area contributed by atoms with Crippen LogP contribution >= 0.6 is 0 Å². The number of allylic oxidation sites excluding steroid dienone is 4. The fourth-order valence-corrected chi connectivity index (χ4v) is 11.0. The Morgan fingerprint density at radius 3 is 1.76 bits per heavy atom. The molecular weight excluding hydrogens is 997 g/mol. The molecule has 0 radical (unpaired) electrons. The summed E-state index contributed by atoms with van der Waals surface area (Å²) in [5, 5.41) is 24.5. The number of ether oxygens (including phenoxy) is 4. The number of hydrogen-bond acceptors (Lipinski definition) is 10. The molecule has 78 heavy (non-hydrogen) atoms. The molecule has 2 aliphatic rings. The molecule has 2 heterocycles. The van der Waals surface area contributed by atoms with Gasteiger partial charge in [0.05, 0.1) is 54.0 Å². The SMILES string of the molecule is CCCCN1/C(=C\C=C\C2=[N+](CCCC)c3ccc4ccccc4c3C2(C)C)C(C)(C)c2c1ccc1ccccc21.[C-]#[N+]/C(C#N)=c1/cc(OCCOCCCCS(=O)(=O)[O-])/c(=C(\C#N)[N+]#[C-])cc1OCCOCCCCC. The summed E-state index contributed by atoms with van der Waals surface area (Å²) in [4.78, 5) is 9.07. The van der Waals surface area contributed by atoms with E-state index < -0.39 is 15.9 Å². The van der Waals surface area contributed by atoms with Gasteiger partial charge in [0.1, 0.15) is 31.3 Å². The third-order valence-corrected chi connectivity index (χ3v) is 15.1. The molecule has 0 saturated carbocycles. The van der Waals surface area contributed by atoms with Crippen molar-refractivity contribution in [2.24, 2.45) is 0 Å². The average Bonchev–Trinajstić information content (AvgIpc) is 3.98. The first-order valence-electron chi connectivity index (χ1n) is 27.3. The molecule has 2 aliphatic heterocycles. The average molecular weight is 1070 g/mol. The van der Waals surface area contributed by atoms with Gasteiger partial charge in [0.2, 0.25) is 5.69 Å². The summed E-state index contributed by atoms with van der Waals surface area (Å²) in [5.41, 5.74) is 7.80. The lowest BCUT2D eigenvalue weighted by Gasteiger charge is -2.27. The first-order valence-corrected chi connectivity index (χ1v) is 28.9. The second-order valence-electron chi connectivity index (χ2n) is 20.5. The van der Waals surface area contributed by atoms with E-state index >= 15 is 0 Å². The van der Waals surface area contributed by atoms with E-state index in [1.165, 1.54) is 93.3 Å². The molecule has 0 bridgehead atoms. The van der Waals surface area contributed by atoms with Crippen molar-refractivity contribution in [3.05, 3.63) is 153 Å². The lowest BCUT2D eigenvalue weighted by atomic mass is 9.79. The predicted molar refractivity (Wildman–Crippen MR) is 311 cm³/mol. The first-order chi connectivity index (χ1) is 37.6. The maximum Gasteiger partial charge on any atom is 0.272 e. The van der Waals surface area contributed by atoms with E-state index in [1.54, 1.807) is 0 Å². The highest BCUT2D eigenvalue weighted by atomic mass is 32.2. The molecule has 7 rings (SSSR count). The summed E-state index contributed by atoms with van der Waals surface area (Å²) in [6.07, 6.45) is 15.5.